The number of aryl methyl sites for hydroxylation is 2. The molecule has 0 saturated heterocycles. The zero-order valence-electron chi connectivity index (χ0n) is 15.8. The van der Waals surface area contributed by atoms with E-state index in [0.29, 0.717) is 25.5 Å². The minimum absolute atomic E-state index is 0. The fourth-order valence-corrected chi connectivity index (χ4v) is 3.11. The highest BCUT2D eigenvalue weighted by Crippen LogP contribution is 2.10. The number of nitrogens with one attached hydrogen (secondary N) is 2. The van der Waals surface area contributed by atoms with Gasteiger partial charge in [0.05, 0.1) is 0 Å². The molecule has 1 aliphatic rings. The lowest BCUT2D eigenvalue weighted by atomic mass is 10.2. The first-order valence-electron chi connectivity index (χ1n) is 9.13. The summed E-state index contributed by atoms with van der Waals surface area (Å²) in [4.78, 5) is 16.3. The fraction of sp³-hybridized carbons (Fsp3) is 0.500. The van der Waals surface area contributed by atoms with Crippen LogP contribution in [0.1, 0.15) is 30.7 Å². The first kappa shape index (κ1) is 22.3. The van der Waals surface area contributed by atoms with Gasteiger partial charge in [-0.1, -0.05) is 0 Å². The summed E-state index contributed by atoms with van der Waals surface area (Å²) in [6.07, 6.45) is 3.64. The van der Waals surface area contributed by atoms with E-state index in [1.165, 1.54) is 4.68 Å². The van der Waals surface area contributed by atoms with Gasteiger partial charge in [0.1, 0.15) is 17.5 Å². The maximum atomic E-state index is 13.6. The van der Waals surface area contributed by atoms with Crippen molar-refractivity contribution in [1.29, 1.82) is 0 Å². The van der Waals surface area contributed by atoms with Crippen LogP contribution in [0.15, 0.2) is 28.0 Å². The second-order valence-corrected chi connectivity index (χ2v) is 6.47. The number of rotatable bonds is 6. The Morgan fingerprint density at radius 2 is 2.11 bits per heavy atom. The van der Waals surface area contributed by atoms with Gasteiger partial charge < -0.3 is 10.6 Å². The van der Waals surface area contributed by atoms with Crippen LogP contribution in [0.4, 0.5) is 8.78 Å². The lowest BCUT2D eigenvalue weighted by Crippen LogP contribution is -2.38. The molecule has 1 aliphatic heterocycles. The predicted molar refractivity (Wildman–Crippen MR) is 114 cm³/mol. The third kappa shape index (κ3) is 5.52. The Kier molecular flexibility index (Phi) is 8.39. The topological polar surface area (TPSA) is 76.2 Å². The lowest BCUT2D eigenvalue weighted by Gasteiger charge is -2.12. The Bertz CT molecular complexity index is 879. The van der Waals surface area contributed by atoms with Crippen LogP contribution in [-0.2, 0) is 26.1 Å². The van der Waals surface area contributed by atoms with Gasteiger partial charge in [0.15, 0.2) is 5.96 Å². The molecule has 2 N–H and O–H groups in total. The molecule has 2 heterocycles. The van der Waals surface area contributed by atoms with Crippen LogP contribution in [0.3, 0.4) is 0 Å². The Balaban J connectivity index is 0.00000280. The summed E-state index contributed by atoms with van der Waals surface area (Å²) in [5.74, 6) is 0.399. The molecule has 0 atom stereocenters. The average Bonchev–Trinajstić information content (AvgIpc) is 3.00. The molecule has 1 aromatic heterocycles. The third-order valence-electron chi connectivity index (χ3n) is 4.55. The van der Waals surface area contributed by atoms with Crippen LogP contribution >= 0.6 is 24.0 Å². The predicted octanol–water partition coefficient (Wildman–Crippen LogP) is 2.03. The van der Waals surface area contributed by atoms with Crippen LogP contribution in [0.2, 0.25) is 0 Å². The van der Waals surface area contributed by atoms with Crippen molar-refractivity contribution in [2.75, 3.05) is 13.6 Å². The minimum atomic E-state index is -0.482. The van der Waals surface area contributed by atoms with Crippen molar-refractivity contribution in [2.24, 2.45) is 4.99 Å². The molecule has 0 amide bonds. The van der Waals surface area contributed by atoms with Crippen molar-refractivity contribution in [2.45, 2.75) is 45.3 Å². The van der Waals surface area contributed by atoms with Crippen molar-refractivity contribution in [1.82, 2.24) is 25.0 Å². The van der Waals surface area contributed by atoms with E-state index in [9.17, 15) is 13.6 Å². The number of nitrogens with zero attached hydrogens (tertiary/aromatic N) is 4. The molecule has 0 aliphatic carbocycles. The highest BCUT2D eigenvalue weighted by Gasteiger charge is 2.16. The number of guanidine groups is 1. The summed E-state index contributed by atoms with van der Waals surface area (Å²) < 4.78 is 30.1. The Hall–Kier alpha value is -1.98. The summed E-state index contributed by atoms with van der Waals surface area (Å²) in [6.45, 7) is 1.96. The summed E-state index contributed by atoms with van der Waals surface area (Å²) in [5, 5.41) is 10.4. The van der Waals surface area contributed by atoms with Gasteiger partial charge in [-0.2, -0.15) is 5.10 Å². The van der Waals surface area contributed by atoms with Gasteiger partial charge in [-0.3, -0.25) is 9.56 Å². The largest absolute Gasteiger partial charge is 0.356 e. The number of hydrogen-bond acceptors (Lipinski definition) is 3. The second-order valence-electron chi connectivity index (χ2n) is 6.47. The van der Waals surface area contributed by atoms with Gasteiger partial charge in [-0.05, 0) is 37.5 Å². The van der Waals surface area contributed by atoms with E-state index in [0.717, 1.165) is 49.8 Å². The Labute approximate surface area is 179 Å². The van der Waals surface area contributed by atoms with Crippen LogP contribution in [0.25, 0.3) is 0 Å². The summed E-state index contributed by atoms with van der Waals surface area (Å²) in [7, 11) is 1.60. The average molecular weight is 506 g/mol. The summed E-state index contributed by atoms with van der Waals surface area (Å²) in [6, 6.07) is 3.34. The van der Waals surface area contributed by atoms with Gasteiger partial charge in [0.25, 0.3) is 0 Å². The van der Waals surface area contributed by atoms with Crippen LogP contribution in [-0.4, -0.2) is 33.9 Å². The fourth-order valence-electron chi connectivity index (χ4n) is 3.11. The normalized spacial score (nSPS) is 13.6. The van der Waals surface area contributed by atoms with Crippen LogP contribution in [0.5, 0.6) is 0 Å². The number of fused-ring (bicyclic) bond motifs is 1. The molecule has 2 aromatic rings. The molecule has 0 fully saturated rings. The molecule has 3 rings (SSSR count). The molecule has 0 saturated carbocycles. The SMILES string of the molecule is CN=C(NCCCn1nc2n(c1=O)CCCC2)NCc1cc(F)ccc1F.I. The van der Waals surface area contributed by atoms with E-state index in [2.05, 4.69) is 20.7 Å². The molecular weight excluding hydrogens is 481 g/mol. The van der Waals surface area contributed by atoms with E-state index in [4.69, 9.17) is 0 Å². The number of hydrogen-bond donors (Lipinski definition) is 2. The van der Waals surface area contributed by atoms with E-state index in [1.54, 1.807) is 11.6 Å². The first-order valence-corrected chi connectivity index (χ1v) is 9.13. The van der Waals surface area contributed by atoms with Crippen molar-refractivity contribution < 1.29 is 8.78 Å². The third-order valence-corrected chi connectivity index (χ3v) is 4.55. The van der Waals surface area contributed by atoms with Gasteiger partial charge in [-0.15, -0.1) is 24.0 Å². The quantitative estimate of drug-likeness (QED) is 0.272. The maximum Gasteiger partial charge on any atom is 0.345 e. The molecule has 10 heteroatoms. The van der Waals surface area contributed by atoms with Gasteiger partial charge in [0.2, 0.25) is 0 Å². The molecule has 154 valence electrons. The Morgan fingerprint density at radius 1 is 1.29 bits per heavy atom. The smallest absolute Gasteiger partial charge is 0.345 e. The van der Waals surface area contributed by atoms with E-state index >= 15 is 0 Å². The molecule has 0 radical (unpaired) electrons. The zero-order chi connectivity index (χ0) is 19.2. The van der Waals surface area contributed by atoms with Crippen LogP contribution in [0, 0.1) is 11.6 Å². The number of benzene rings is 1. The number of aromatic nitrogens is 3. The van der Waals surface area contributed by atoms with Crippen molar-refractivity contribution >= 4 is 29.9 Å². The molecule has 0 bridgehead atoms. The minimum Gasteiger partial charge on any atom is -0.356 e. The molecular formula is C18H25F2IN6O. The number of halogens is 3. The molecule has 28 heavy (non-hydrogen) atoms. The van der Waals surface area contributed by atoms with Gasteiger partial charge in [-0.25, -0.2) is 18.3 Å². The highest BCUT2D eigenvalue weighted by molar-refractivity contribution is 14.0. The molecule has 7 nitrogen and oxygen atoms in total. The molecule has 0 unspecified atom stereocenters. The highest BCUT2D eigenvalue weighted by atomic mass is 127. The van der Waals surface area contributed by atoms with Crippen molar-refractivity contribution in [3.63, 3.8) is 0 Å². The summed E-state index contributed by atoms with van der Waals surface area (Å²) >= 11 is 0. The van der Waals surface area contributed by atoms with E-state index in [-0.39, 0.29) is 41.8 Å². The van der Waals surface area contributed by atoms with Crippen LogP contribution < -0.4 is 16.3 Å². The van der Waals surface area contributed by atoms with Crippen molar-refractivity contribution in [3.05, 3.63) is 51.7 Å². The van der Waals surface area contributed by atoms with E-state index < -0.39 is 11.6 Å². The Morgan fingerprint density at radius 3 is 2.86 bits per heavy atom. The number of aliphatic imine (C=N–C) groups is 1. The van der Waals surface area contributed by atoms with Gasteiger partial charge in [0, 0.05) is 45.2 Å². The lowest BCUT2D eigenvalue weighted by molar-refractivity contribution is 0.509. The zero-order valence-corrected chi connectivity index (χ0v) is 18.1. The molecule has 1 aromatic carbocycles. The standard InChI is InChI=1S/C18H24F2N6O.HI/c1-21-17(23-12-13-11-14(19)6-7-15(13)20)22-8-4-10-26-18(27)25-9-3-2-5-16(25)24-26;/h6-7,11H,2-5,8-10,12H2,1H3,(H2,21,22,23);1H. The van der Waals surface area contributed by atoms with Crippen molar-refractivity contribution in [3.8, 4) is 0 Å². The second kappa shape index (κ2) is 10.5. The first-order chi connectivity index (χ1) is 13.1. The van der Waals surface area contributed by atoms with Gasteiger partial charge >= 0.3 is 5.69 Å². The van der Waals surface area contributed by atoms with E-state index in [1.807, 2.05) is 0 Å². The maximum absolute atomic E-state index is 13.6. The summed E-state index contributed by atoms with van der Waals surface area (Å²) in [5.41, 5.74) is 0.182. The molecule has 0 spiro atoms. The monoisotopic (exact) mass is 506 g/mol.